The predicted molar refractivity (Wildman–Crippen MR) is 71.9 cm³/mol. The molecule has 1 unspecified atom stereocenters. The fourth-order valence-corrected chi connectivity index (χ4v) is 1.93. The van der Waals surface area contributed by atoms with Crippen LogP contribution < -0.4 is 5.73 Å². The highest BCUT2D eigenvalue weighted by Gasteiger charge is 2.20. The van der Waals surface area contributed by atoms with Crippen LogP contribution in [-0.2, 0) is 6.42 Å². The molecule has 2 nitrogen and oxygen atoms in total. The summed E-state index contributed by atoms with van der Waals surface area (Å²) >= 11 is 0. The Morgan fingerprint density at radius 1 is 1.33 bits per heavy atom. The van der Waals surface area contributed by atoms with Crippen molar-refractivity contribution in [1.29, 1.82) is 0 Å². The van der Waals surface area contributed by atoms with E-state index in [0.29, 0.717) is 5.58 Å². The number of rotatable bonds is 3. The van der Waals surface area contributed by atoms with E-state index in [1.807, 2.05) is 12.1 Å². The molecule has 0 aliphatic carbocycles. The van der Waals surface area contributed by atoms with E-state index in [2.05, 4.69) is 20.8 Å². The minimum absolute atomic E-state index is 0.0806. The molecule has 18 heavy (non-hydrogen) atoms. The Balaban J connectivity index is 2.11. The van der Waals surface area contributed by atoms with Crippen LogP contribution in [0.2, 0.25) is 0 Å². The molecule has 1 heterocycles. The highest BCUT2D eigenvalue weighted by Crippen LogP contribution is 2.25. The smallest absolute Gasteiger partial charge is 0.169 e. The van der Waals surface area contributed by atoms with Crippen molar-refractivity contribution >= 4 is 11.0 Å². The van der Waals surface area contributed by atoms with Gasteiger partial charge in [0.25, 0.3) is 0 Å². The summed E-state index contributed by atoms with van der Waals surface area (Å²) in [5.41, 5.74) is 6.53. The second kappa shape index (κ2) is 4.73. The van der Waals surface area contributed by atoms with Gasteiger partial charge in [0.1, 0.15) is 5.76 Å². The van der Waals surface area contributed by atoms with Crippen LogP contribution in [0.5, 0.6) is 0 Å². The summed E-state index contributed by atoms with van der Waals surface area (Å²) in [6, 6.07) is 6.97. The van der Waals surface area contributed by atoms with Crippen molar-refractivity contribution in [3.05, 3.63) is 35.8 Å². The third-order valence-corrected chi connectivity index (χ3v) is 3.36. The van der Waals surface area contributed by atoms with Crippen molar-refractivity contribution in [3.8, 4) is 0 Å². The van der Waals surface area contributed by atoms with E-state index >= 15 is 0 Å². The van der Waals surface area contributed by atoms with Crippen molar-refractivity contribution < 1.29 is 8.81 Å². The lowest BCUT2D eigenvalue weighted by atomic mass is 9.84. The fourth-order valence-electron chi connectivity index (χ4n) is 1.93. The molecule has 0 saturated carbocycles. The lowest BCUT2D eigenvalue weighted by Gasteiger charge is -2.26. The van der Waals surface area contributed by atoms with E-state index in [-0.39, 0.29) is 17.3 Å². The van der Waals surface area contributed by atoms with Crippen molar-refractivity contribution in [2.75, 3.05) is 0 Å². The van der Waals surface area contributed by atoms with Gasteiger partial charge in [-0.3, -0.25) is 0 Å². The molecule has 0 saturated heterocycles. The molecular weight excluding hydrogens is 229 g/mol. The van der Waals surface area contributed by atoms with Crippen LogP contribution in [0.25, 0.3) is 11.0 Å². The van der Waals surface area contributed by atoms with E-state index in [4.69, 9.17) is 10.2 Å². The number of benzene rings is 1. The van der Waals surface area contributed by atoms with Crippen molar-refractivity contribution in [3.63, 3.8) is 0 Å². The molecule has 0 bridgehead atoms. The van der Waals surface area contributed by atoms with Gasteiger partial charge in [-0.05, 0) is 24.0 Å². The van der Waals surface area contributed by atoms with Crippen molar-refractivity contribution in [1.82, 2.24) is 0 Å². The van der Waals surface area contributed by atoms with Gasteiger partial charge in [0.2, 0.25) is 0 Å². The standard InChI is InChI=1S/C15H20FNO/c1-15(2,3)13(17)8-7-11-9-10-5-4-6-12(16)14(10)18-11/h4-6,9,13H,7-8,17H2,1-3H3. The van der Waals surface area contributed by atoms with Crippen LogP contribution in [0.3, 0.4) is 0 Å². The second-order valence-corrected chi connectivity index (χ2v) is 5.88. The molecule has 98 valence electrons. The summed E-state index contributed by atoms with van der Waals surface area (Å²) in [6.07, 6.45) is 1.58. The first-order chi connectivity index (χ1) is 8.38. The summed E-state index contributed by atoms with van der Waals surface area (Å²) in [5, 5.41) is 0.814. The molecule has 0 aliphatic rings. The highest BCUT2D eigenvalue weighted by molar-refractivity contribution is 5.78. The molecule has 2 aromatic rings. The largest absolute Gasteiger partial charge is 0.458 e. The summed E-state index contributed by atoms with van der Waals surface area (Å²) in [6.45, 7) is 6.36. The maximum absolute atomic E-state index is 13.5. The number of hydrogen-bond acceptors (Lipinski definition) is 2. The fraction of sp³-hybridized carbons (Fsp3) is 0.467. The third-order valence-electron chi connectivity index (χ3n) is 3.36. The molecular formula is C15H20FNO. The maximum atomic E-state index is 13.5. The van der Waals surface area contributed by atoms with Crippen LogP contribution in [-0.4, -0.2) is 6.04 Å². The van der Waals surface area contributed by atoms with Gasteiger partial charge < -0.3 is 10.2 Å². The average Bonchev–Trinajstić information content (AvgIpc) is 2.69. The molecule has 0 spiro atoms. The quantitative estimate of drug-likeness (QED) is 0.896. The van der Waals surface area contributed by atoms with Crippen LogP contribution in [0.15, 0.2) is 28.7 Å². The van der Waals surface area contributed by atoms with E-state index in [1.165, 1.54) is 6.07 Å². The van der Waals surface area contributed by atoms with Gasteiger partial charge in [0.05, 0.1) is 0 Å². The molecule has 0 radical (unpaired) electrons. The molecule has 2 N–H and O–H groups in total. The zero-order valence-corrected chi connectivity index (χ0v) is 11.2. The van der Waals surface area contributed by atoms with Gasteiger partial charge in [-0.25, -0.2) is 4.39 Å². The Kier molecular flexibility index (Phi) is 3.44. The van der Waals surface area contributed by atoms with Crippen LogP contribution >= 0.6 is 0 Å². The Morgan fingerprint density at radius 3 is 2.67 bits per heavy atom. The number of nitrogens with two attached hydrogens (primary N) is 1. The second-order valence-electron chi connectivity index (χ2n) is 5.88. The third kappa shape index (κ3) is 2.72. The maximum Gasteiger partial charge on any atom is 0.169 e. The normalized spacial score (nSPS) is 14.1. The Hall–Kier alpha value is -1.35. The SMILES string of the molecule is CC(C)(C)C(N)CCc1cc2cccc(F)c2o1. The molecule has 0 amide bonds. The molecule has 1 atom stereocenters. The number of aryl methyl sites for hydroxylation is 1. The molecule has 0 aliphatic heterocycles. The average molecular weight is 249 g/mol. The zero-order chi connectivity index (χ0) is 13.3. The number of hydrogen-bond donors (Lipinski definition) is 1. The lowest BCUT2D eigenvalue weighted by Crippen LogP contribution is -2.35. The Morgan fingerprint density at radius 2 is 2.06 bits per heavy atom. The summed E-state index contributed by atoms with van der Waals surface area (Å²) in [7, 11) is 0. The summed E-state index contributed by atoms with van der Waals surface area (Å²) < 4.78 is 19.0. The first-order valence-electron chi connectivity index (χ1n) is 6.30. The minimum atomic E-state index is -0.307. The predicted octanol–water partition coefficient (Wildman–Crippen LogP) is 3.88. The lowest BCUT2D eigenvalue weighted by molar-refractivity contribution is 0.301. The topological polar surface area (TPSA) is 39.2 Å². The summed E-state index contributed by atoms with van der Waals surface area (Å²) in [4.78, 5) is 0. The number of fused-ring (bicyclic) bond motifs is 1. The number of para-hydroxylation sites is 1. The number of furan rings is 1. The van der Waals surface area contributed by atoms with Crippen molar-refractivity contribution in [2.24, 2.45) is 11.1 Å². The van der Waals surface area contributed by atoms with Crippen LogP contribution in [0, 0.1) is 11.2 Å². The zero-order valence-electron chi connectivity index (χ0n) is 11.2. The molecule has 2 rings (SSSR count). The molecule has 1 aromatic carbocycles. The number of halogens is 1. The first kappa shape index (κ1) is 13.1. The van der Waals surface area contributed by atoms with Gasteiger partial charge in [-0.2, -0.15) is 0 Å². The van der Waals surface area contributed by atoms with Gasteiger partial charge in [-0.15, -0.1) is 0 Å². The van der Waals surface area contributed by atoms with Gasteiger partial charge in [0.15, 0.2) is 11.4 Å². The molecule has 1 aromatic heterocycles. The molecule has 3 heteroatoms. The highest BCUT2D eigenvalue weighted by atomic mass is 19.1. The van der Waals surface area contributed by atoms with E-state index in [0.717, 1.165) is 24.0 Å². The van der Waals surface area contributed by atoms with E-state index in [1.54, 1.807) is 6.07 Å². The van der Waals surface area contributed by atoms with E-state index in [9.17, 15) is 4.39 Å². The van der Waals surface area contributed by atoms with Crippen LogP contribution in [0.1, 0.15) is 33.0 Å². The van der Waals surface area contributed by atoms with Gasteiger partial charge in [-0.1, -0.05) is 32.9 Å². The van der Waals surface area contributed by atoms with Gasteiger partial charge >= 0.3 is 0 Å². The summed E-state index contributed by atoms with van der Waals surface area (Å²) in [5.74, 6) is 0.494. The Bertz CT molecular complexity index is 539. The van der Waals surface area contributed by atoms with Gasteiger partial charge in [0, 0.05) is 17.8 Å². The Labute approximate surface area is 107 Å². The van der Waals surface area contributed by atoms with Crippen molar-refractivity contribution in [2.45, 2.75) is 39.7 Å². The van der Waals surface area contributed by atoms with E-state index < -0.39 is 0 Å². The minimum Gasteiger partial charge on any atom is -0.458 e. The van der Waals surface area contributed by atoms with Crippen LogP contribution in [0.4, 0.5) is 4.39 Å². The monoisotopic (exact) mass is 249 g/mol. The first-order valence-corrected chi connectivity index (χ1v) is 6.30. The molecule has 0 fully saturated rings.